The Kier molecular flexibility index (Phi) is 4.60. The van der Waals surface area contributed by atoms with Gasteiger partial charge in [0.1, 0.15) is 0 Å². The lowest BCUT2D eigenvalue weighted by atomic mass is 9.78. The molecule has 0 spiro atoms. The molecule has 1 fully saturated rings. The molecule has 2 atom stereocenters. The maximum absolute atomic E-state index is 12.8. The maximum atomic E-state index is 12.8. The van der Waals surface area contributed by atoms with Crippen molar-refractivity contribution in [2.75, 3.05) is 5.32 Å². The molecule has 2 aromatic carbocycles. The Morgan fingerprint density at radius 1 is 0.963 bits per heavy atom. The van der Waals surface area contributed by atoms with Gasteiger partial charge in [-0.25, -0.2) is 0 Å². The predicted molar refractivity (Wildman–Crippen MR) is 105 cm³/mol. The summed E-state index contributed by atoms with van der Waals surface area (Å²) in [6.45, 7) is 0. The van der Waals surface area contributed by atoms with E-state index in [-0.39, 0.29) is 11.7 Å². The maximum Gasteiger partial charge on any atom is 0.307 e. The molecule has 2 N–H and O–H groups in total. The molecule has 5 nitrogen and oxygen atoms in total. The Hall–Kier alpha value is -2.47. The third-order valence-electron chi connectivity index (χ3n) is 5.49. The molecule has 2 aromatic rings. The predicted octanol–water partition coefficient (Wildman–Crippen LogP) is 4.49. The number of carbonyl (C=O) groups excluding carboxylic acids is 2. The second kappa shape index (κ2) is 6.93. The fraction of sp³-hybridized carbons (Fsp3) is 0.286. The van der Waals surface area contributed by atoms with E-state index in [1.807, 2.05) is 24.3 Å². The van der Waals surface area contributed by atoms with Crippen LogP contribution >= 0.6 is 15.9 Å². The molecule has 0 aromatic heterocycles. The zero-order valence-electron chi connectivity index (χ0n) is 14.5. The van der Waals surface area contributed by atoms with Crippen LogP contribution in [0.25, 0.3) is 11.1 Å². The van der Waals surface area contributed by atoms with Gasteiger partial charge >= 0.3 is 5.97 Å². The molecule has 2 unspecified atom stereocenters. The van der Waals surface area contributed by atoms with E-state index in [2.05, 4.69) is 21.2 Å². The minimum Gasteiger partial charge on any atom is -0.481 e. The highest BCUT2D eigenvalue weighted by atomic mass is 79.9. The van der Waals surface area contributed by atoms with Crippen LogP contribution in [0.3, 0.4) is 0 Å². The molecule has 0 heterocycles. The SMILES string of the molecule is O=C1c2ccccc2-c2cc(Br)c(NC(=O)C3CCCCC3C(=O)O)cc21. The highest BCUT2D eigenvalue weighted by Crippen LogP contribution is 2.41. The van der Waals surface area contributed by atoms with Crippen LogP contribution in [-0.4, -0.2) is 22.8 Å². The molecule has 1 amide bonds. The van der Waals surface area contributed by atoms with Crippen molar-refractivity contribution in [2.24, 2.45) is 11.8 Å². The van der Waals surface area contributed by atoms with E-state index in [1.165, 1.54) is 0 Å². The number of rotatable bonds is 3. The first-order valence-electron chi connectivity index (χ1n) is 8.98. The molecular formula is C21H18BrNO4. The van der Waals surface area contributed by atoms with Gasteiger partial charge in [-0.1, -0.05) is 37.1 Å². The number of hydrogen-bond donors (Lipinski definition) is 2. The van der Waals surface area contributed by atoms with Crippen molar-refractivity contribution in [3.63, 3.8) is 0 Å². The van der Waals surface area contributed by atoms with E-state index in [4.69, 9.17) is 0 Å². The van der Waals surface area contributed by atoms with Crippen LogP contribution in [0.2, 0.25) is 0 Å². The van der Waals surface area contributed by atoms with Crippen LogP contribution in [0.1, 0.15) is 41.6 Å². The van der Waals surface area contributed by atoms with Crippen LogP contribution in [0, 0.1) is 11.8 Å². The minimum absolute atomic E-state index is 0.0651. The summed E-state index contributed by atoms with van der Waals surface area (Å²) in [6.07, 6.45) is 2.76. The van der Waals surface area contributed by atoms with Gasteiger partial charge in [-0.3, -0.25) is 14.4 Å². The van der Waals surface area contributed by atoms with Crippen molar-refractivity contribution in [3.8, 4) is 11.1 Å². The molecule has 138 valence electrons. The summed E-state index contributed by atoms with van der Waals surface area (Å²) < 4.78 is 0.668. The highest BCUT2D eigenvalue weighted by molar-refractivity contribution is 9.10. The summed E-state index contributed by atoms with van der Waals surface area (Å²) in [5.74, 6) is -2.49. The Labute approximate surface area is 164 Å². The molecule has 0 saturated heterocycles. The Morgan fingerprint density at radius 3 is 2.33 bits per heavy atom. The quantitative estimate of drug-likeness (QED) is 0.644. The number of aliphatic carboxylic acids is 1. The number of halogens is 1. The standard InChI is InChI=1S/C21H18BrNO4/c22-17-9-15-11-5-1-2-6-12(11)19(24)16(15)10-18(17)23-20(25)13-7-3-4-8-14(13)21(26)27/h1-2,5-6,9-10,13-14H,3-4,7-8H2,(H,23,25)(H,26,27). The highest BCUT2D eigenvalue weighted by Gasteiger charge is 2.36. The van der Waals surface area contributed by atoms with Crippen molar-refractivity contribution in [1.29, 1.82) is 0 Å². The normalized spacial score (nSPS) is 20.7. The molecule has 0 aliphatic heterocycles. The monoisotopic (exact) mass is 427 g/mol. The number of anilines is 1. The number of carboxylic acid groups (broad SMARTS) is 1. The third-order valence-corrected chi connectivity index (χ3v) is 6.15. The lowest BCUT2D eigenvalue weighted by Gasteiger charge is -2.27. The van der Waals surface area contributed by atoms with Gasteiger partial charge in [0.05, 0.1) is 17.5 Å². The molecule has 2 aliphatic carbocycles. The van der Waals surface area contributed by atoms with Gasteiger partial charge in [0.25, 0.3) is 0 Å². The first-order valence-corrected chi connectivity index (χ1v) is 9.78. The van der Waals surface area contributed by atoms with Crippen molar-refractivity contribution in [1.82, 2.24) is 0 Å². The second-order valence-electron chi connectivity index (χ2n) is 7.08. The van der Waals surface area contributed by atoms with Gasteiger partial charge < -0.3 is 10.4 Å². The van der Waals surface area contributed by atoms with Crippen LogP contribution < -0.4 is 5.32 Å². The molecule has 2 aliphatic rings. The number of hydrogen-bond acceptors (Lipinski definition) is 3. The summed E-state index contributed by atoms with van der Waals surface area (Å²) in [6, 6.07) is 10.9. The summed E-state index contributed by atoms with van der Waals surface area (Å²) in [5.41, 5.74) is 3.42. The summed E-state index contributed by atoms with van der Waals surface area (Å²) in [5, 5.41) is 12.2. The Bertz CT molecular complexity index is 969. The van der Waals surface area contributed by atoms with Gasteiger partial charge in [-0.15, -0.1) is 0 Å². The first kappa shape index (κ1) is 17.9. The summed E-state index contributed by atoms with van der Waals surface area (Å²) in [4.78, 5) is 36.9. The number of nitrogens with one attached hydrogen (secondary N) is 1. The fourth-order valence-electron chi connectivity index (χ4n) is 4.11. The van der Waals surface area contributed by atoms with E-state index in [0.29, 0.717) is 34.1 Å². The Balaban J connectivity index is 1.64. The number of carbonyl (C=O) groups is 3. The van der Waals surface area contributed by atoms with E-state index in [1.54, 1.807) is 12.1 Å². The molecule has 6 heteroatoms. The largest absolute Gasteiger partial charge is 0.481 e. The van der Waals surface area contributed by atoms with Crippen LogP contribution in [0.15, 0.2) is 40.9 Å². The van der Waals surface area contributed by atoms with Gasteiger partial charge in [0, 0.05) is 15.6 Å². The molecule has 27 heavy (non-hydrogen) atoms. The third kappa shape index (κ3) is 3.08. The van der Waals surface area contributed by atoms with Crippen molar-refractivity contribution < 1.29 is 19.5 Å². The fourth-order valence-corrected chi connectivity index (χ4v) is 4.55. The van der Waals surface area contributed by atoms with E-state index in [9.17, 15) is 19.5 Å². The number of benzene rings is 2. The van der Waals surface area contributed by atoms with Crippen LogP contribution in [-0.2, 0) is 9.59 Å². The van der Waals surface area contributed by atoms with E-state index in [0.717, 1.165) is 24.0 Å². The van der Waals surface area contributed by atoms with Gasteiger partial charge in [0.2, 0.25) is 5.91 Å². The molecule has 1 saturated carbocycles. The smallest absolute Gasteiger partial charge is 0.307 e. The summed E-state index contributed by atoms with van der Waals surface area (Å²) in [7, 11) is 0. The molecule has 0 bridgehead atoms. The number of ketones is 1. The zero-order chi connectivity index (χ0) is 19.1. The van der Waals surface area contributed by atoms with Crippen LogP contribution in [0.5, 0.6) is 0 Å². The topological polar surface area (TPSA) is 83.5 Å². The lowest BCUT2D eigenvalue weighted by Crippen LogP contribution is -2.36. The zero-order valence-corrected chi connectivity index (χ0v) is 16.1. The Morgan fingerprint density at radius 2 is 1.63 bits per heavy atom. The average Bonchev–Trinajstić information content (AvgIpc) is 2.94. The van der Waals surface area contributed by atoms with Crippen molar-refractivity contribution in [2.45, 2.75) is 25.7 Å². The number of carboxylic acids is 1. The summed E-state index contributed by atoms with van der Waals surface area (Å²) >= 11 is 3.48. The molecular weight excluding hydrogens is 410 g/mol. The van der Waals surface area contributed by atoms with E-state index >= 15 is 0 Å². The van der Waals surface area contributed by atoms with E-state index < -0.39 is 17.8 Å². The molecule has 4 rings (SSSR count). The lowest BCUT2D eigenvalue weighted by molar-refractivity contribution is -0.147. The number of amides is 1. The van der Waals surface area contributed by atoms with Crippen molar-refractivity contribution >= 4 is 39.3 Å². The van der Waals surface area contributed by atoms with Crippen molar-refractivity contribution in [3.05, 3.63) is 52.0 Å². The van der Waals surface area contributed by atoms with Crippen LogP contribution in [0.4, 0.5) is 5.69 Å². The first-order chi connectivity index (χ1) is 13.0. The number of fused-ring (bicyclic) bond motifs is 3. The average molecular weight is 428 g/mol. The van der Waals surface area contributed by atoms with Gasteiger partial charge in [0.15, 0.2) is 5.78 Å². The minimum atomic E-state index is -0.923. The second-order valence-corrected chi connectivity index (χ2v) is 7.93. The van der Waals surface area contributed by atoms with Gasteiger partial charge in [-0.2, -0.15) is 0 Å². The van der Waals surface area contributed by atoms with Gasteiger partial charge in [-0.05, 0) is 52.0 Å². The molecule has 0 radical (unpaired) electrons.